The lowest BCUT2D eigenvalue weighted by Crippen LogP contribution is -1.95. The van der Waals surface area contributed by atoms with Crippen LogP contribution >= 0.6 is 0 Å². The average Bonchev–Trinajstić information content (AvgIpc) is 3.86. The van der Waals surface area contributed by atoms with Gasteiger partial charge < -0.3 is 9.13 Å². The predicted molar refractivity (Wildman–Crippen MR) is 264 cm³/mol. The third-order valence-electron chi connectivity index (χ3n) is 13.1. The first kappa shape index (κ1) is 34.6. The van der Waals surface area contributed by atoms with Crippen LogP contribution < -0.4 is 0 Å². The molecule has 13 aromatic rings. The highest BCUT2D eigenvalue weighted by Crippen LogP contribution is 2.40. The van der Waals surface area contributed by atoms with Gasteiger partial charge in [0, 0.05) is 32.9 Å². The minimum atomic E-state index is 1.14. The van der Waals surface area contributed by atoms with Crippen LogP contribution in [0.15, 0.2) is 231 Å². The van der Waals surface area contributed by atoms with E-state index in [1.54, 1.807) is 0 Å². The van der Waals surface area contributed by atoms with E-state index in [-0.39, 0.29) is 0 Å². The molecule has 0 saturated heterocycles. The summed E-state index contributed by atoms with van der Waals surface area (Å²) < 4.78 is 4.85. The summed E-state index contributed by atoms with van der Waals surface area (Å²) in [5, 5.41) is 12.8. The highest BCUT2D eigenvalue weighted by molar-refractivity contribution is 6.26. The summed E-state index contributed by atoms with van der Waals surface area (Å²) in [6, 6.07) is 84.7. The largest absolute Gasteiger partial charge is 0.309 e. The molecule has 0 aliphatic rings. The van der Waals surface area contributed by atoms with E-state index in [0.29, 0.717) is 0 Å². The highest BCUT2D eigenvalue weighted by Gasteiger charge is 2.17. The van der Waals surface area contributed by atoms with Gasteiger partial charge in [0.1, 0.15) is 0 Å². The van der Waals surface area contributed by atoms with E-state index in [4.69, 9.17) is 0 Å². The van der Waals surface area contributed by atoms with Crippen molar-refractivity contribution < 1.29 is 0 Å². The predicted octanol–water partition coefficient (Wildman–Crippen LogP) is 16.3. The lowest BCUT2D eigenvalue weighted by molar-refractivity contribution is 1.18. The first-order valence-corrected chi connectivity index (χ1v) is 21.4. The van der Waals surface area contributed by atoms with Gasteiger partial charge in [-0.15, -0.1) is 0 Å². The third-order valence-corrected chi connectivity index (χ3v) is 13.1. The van der Waals surface area contributed by atoms with E-state index in [1.165, 1.54) is 109 Å². The molecule has 0 atom stereocenters. The SMILES string of the molecule is c1ccc(-c2cccc(-n3c4ccccc4c4ccc(-c5ccc(-n6c7ccccc7c7ccc(-c8ccc9c%10ccccc%10c%10ccccc%10c9c8)cc76)cc5)cc43)c2)cc1. The van der Waals surface area contributed by atoms with Gasteiger partial charge in [-0.05, 0) is 120 Å². The monoisotopic (exact) mass is 786 g/mol. The van der Waals surface area contributed by atoms with E-state index < -0.39 is 0 Å². The molecule has 0 saturated carbocycles. The molecule has 0 fully saturated rings. The maximum absolute atomic E-state index is 2.43. The fourth-order valence-corrected chi connectivity index (χ4v) is 10.2. The summed E-state index contributed by atoms with van der Waals surface area (Å²) in [4.78, 5) is 0. The number of benzene rings is 11. The van der Waals surface area contributed by atoms with Crippen LogP contribution in [0.1, 0.15) is 0 Å². The van der Waals surface area contributed by atoms with Crippen LogP contribution in [0.25, 0.3) is 121 Å². The van der Waals surface area contributed by atoms with Crippen molar-refractivity contribution in [2.75, 3.05) is 0 Å². The van der Waals surface area contributed by atoms with Crippen molar-refractivity contribution in [3.63, 3.8) is 0 Å². The van der Waals surface area contributed by atoms with Gasteiger partial charge in [-0.25, -0.2) is 0 Å². The van der Waals surface area contributed by atoms with Crippen LogP contribution in [0.2, 0.25) is 0 Å². The number of hydrogen-bond acceptors (Lipinski definition) is 0. The molecule has 0 spiro atoms. The molecule has 62 heavy (non-hydrogen) atoms. The zero-order valence-corrected chi connectivity index (χ0v) is 33.8. The first-order chi connectivity index (χ1) is 30.7. The van der Waals surface area contributed by atoms with Crippen molar-refractivity contribution in [1.82, 2.24) is 9.13 Å². The molecular formula is C60H38N2. The van der Waals surface area contributed by atoms with Gasteiger partial charge in [0.05, 0.1) is 22.1 Å². The number of hydrogen-bond donors (Lipinski definition) is 0. The topological polar surface area (TPSA) is 9.86 Å². The Kier molecular flexibility index (Phi) is 7.64. The van der Waals surface area contributed by atoms with Crippen LogP contribution in [-0.4, -0.2) is 9.13 Å². The van der Waals surface area contributed by atoms with E-state index >= 15 is 0 Å². The molecular weight excluding hydrogens is 749 g/mol. The standard InChI is InChI=1S/C60H38N2/c1-2-13-39(14-3-1)41-15-12-16-46(35-41)62-58-24-11-9-22-53(58)55-33-28-43(37-60(55)62)40-25-30-45(31-26-40)61-57-23-10-8-21-52(57)54-34-29-44(38-59(54)61)42-27-32-51-49-19-5-4-17-47(49)48-18-6-7-20-50(48)56(51)36-42/h1-38H. The fourth-order valence-electron chi connectivity index (χ4n) is 10.2. The molecule has 0 unspecified atom stereocenters. The van der Waals surface area contributed by atoms with Crippen molar-refractivity contribution in [3.05, 3.63) is 231 Å². The number of rotatable bonds is 5. The van der Waals surface area contributed by atoms with E-state index in [1.807, 2.05) is 0 Å². The van der Waals surface area contributed by atoms with Crippen molar-refractivity contribution in [2.24, 2.45) is 0 Å². The molecule has 2 nitrogen and oxygen atoms in total. The summed E-state index contributed by atoms with van der Waals surface area (Å²) in [6.07, 6.45) is 0. The van der Waals surface area contributed by atoms with Gasteiger partial charge >= 0.3 is 0 Å². The number of aromatic nitrogens is 2. The molecule has 2 heteroatoms. The molecule has 288 valence electrons. The number of nitrogens with zero attached hydrogens (tertiary/aromatic N) is 2. The Balaban J connectivity index is 0.929. The van der Waals surface area contributed by atoms with E-state index in [0.717, 1.165) is 11.4 Å². The van der Waals surface area contributed by atoms with Crippen LogP contribution in [0, 0.1) is 0 Å². The minimum Gasteiger partial charge on any atom is -0.309 e. The zero-order valence-electron chi connectivity index (χ0n) is 33.8. The fraction of sp³-hybridized carbons (Fsp3) is 0. The summed E-state index contributed by atoms with van der Waals surface area (Å²) in [5.74, 6) is 0. The van der Waals surface area contributed by atoms with Crippen molar-refractivity contribution in [2.45, 2.75) is 0 Å². The smallest absolute Gasteiger partial charge is 0.0547 e. The van der Waals surface area contributed by atoms with Crippen LogP contribution in [0.3, 0.4) is 0 Å². The number of fused-ring (bicyclic) bond motifs is 12. The lowest BCUT2D eigenvalue weighted by atomic mass is 9.92. The normalized spacial score (nSPS) is 11.9. The summed E-state index contributed by atoms with van der Waals surface area (Å²) in [7, 11) is 0. The number of para-hydroxylation sites is 2. The van der Waals surface area contributed by atoms with Gasteiger partial charge in [-0.1, -0.05) is 176 Å². The second kappa shape index (κ2) is 13.7. The van der Waals surface area contributed by atoms with E-state index in [2.05, 4.69) is 240 Å². The van der Waals surface area contributed by atoms with Gasteiger partial charge in [0.25, 0.3) is 0 Å². The first-order valence-electron chi connectivity index (χ1n) is 21.4. The summed E-state index contributed by atoms with van der Waals surface area (Å²) in [5.41, 5.74) is 14.3. The molecule has 0 amide bonds. The molecule has 0 aliphatic carbocycles. The van der Waals surface area contributed by atoms with Crippen LogP contribution in [-0.2, 0) is 0 Å². The Labute approximate surface area is 358 Å². The molecule has 0 bridgehead atoms. The Hall–Kier alpha value is -8.20. The highest BCUT2D eigenvalue weighted by atomic mass is 15.0. The molecule has 13 rings (SSSR count). The Morgan fingerprint density at radius 2 is 0.548 bits per heavy atom. The van der Waals surface area contributed by atoms with Gasteiger partial charge in [-0.2, -0.15) is 0 Å². The lowest BCUT2D eigenvalue weighted by Gasteiger charge is -2.13. The average molecular weight is 787 g/mol. The Morgan fingerprint density at radius 1 is 0.177 bits per heavy atom. The molecule has 0 radical (unpaired) electrons. The minimum absolute atomic E-state index is 1.14. The molecule has 11 aromatic carbocycles. The van der Waals surface area contributed by atoms with Crippen LogP contribution in [0.4, 0.5) is 0 Å². The van der Waals surface area contributed by atoms with Crippen molar-refractivity contribution in [3.8, 4) is 44.8 Å². The second-order valence-corrected chi connectivity index (χ2v) is 16.5. The third kappa shape index (κ3) is 5.30. The zero-order chi connectivity index (χ0) is 40.7. The van der Waals surface area contributed by atoms with Crippen LogP contribution in [0.5, 0.6) is 0 Å². The van der Waals surface area contributed by atoms with Gasteiger partial charge in [0.2, 0.25) is 0 Å². The van der Waals surface area contributed by atoms with Gasteiger partial charge in [-0.3, -0.25) is 0 Å². The molecule has 0 aliphatic heterocycles. The van der Waals surface area contributed by atoms with Gasteiger partial charge in [0.15, 0.2) is 0 Å². The van der Waals surface area contributed by atoms with Crippen molar-refractivity contribution >= 4 is 75.9 Å². The second-order valence-electron chi connectivity index (χ2n) is 16.5. The summed E-state index contributed by atoms with van der Waals surface area (Å²) >= 11 is 0. The summed E-state index contributed by atoms with van der Waals surface area (Å²) in [6.45, 7) is 0. The maximum Gasteiger partial charge on any atom is 0.0547 e. The Morgan fingerprint density at radius 3 is 1.15 bits per heavy atom. The maximum atomic E-state index is 2.43. The van der Waals surface area contributed by atoms with Crippen molar-refractivity contribution in [1.29, 1.82) is 0 Å². The quantitative estimate of drug-likeness (QED) is 0.154. The molecule has 0 N–H and O–H groups in total. The molecule has 2 heterocycles. The Bertz CT molecular complexity index is 3870. The molecule has 2 aromatic heterocycles. The van der Waals surface area contributed by atoms with E-state index in [9.17, 15) is 0 Å².